The first-order chi connectivity index (χ1) is 8.74. The summed E-state index contributed by atoms with van der Waals surface area (Å²) in [6.45, 7) is 3.45. The molecule has 0 amide bonds. The second-order valence-corrected chi connectivity index (χ2v) is 6.86. The Hall–Kier alpha value is -0.180. The third-order valence-electron chi connectivity index (χ3n) is 3.55. The molecule has 0 aromatic heterocycles. The fourth-order valence-electron chi connectivity index (χ4n) is 2.36. The van der Waals surface area contributed by atoms with E-state index in [-0.39, 0.29) is 0 Å². The fraction of sp³-hybridized carbons (Fsp3) is 0.600. The molecule has 1 N–H and O–H groups in total. The highest BCUT2D eigenvalue weighted by Crippen LogP contribution is 2.22. The van der Waals surface area contributed by atoms with E-state index in [1.165, 1.54) is 36.5 Å². The molecule has 1 fully saturated rings. The van der Waals surface area contributed by atoms with Crippen molar-refractivity contribution >= 4 is 23.4 Å². The molecule has 0 aliphatic carbocycles. The summed E-state index contributed by atoms with van der Waals surface area (Å²) in [6.07, 6.45) is 3.84. The third-order valence-corrected chi connectivity index (χ3v) is 4.85. The SMILES string of the molecule is CC(Cc1ccc(Cl)cc1)NCC1CCSCC1. The van der Waals surface area contributed by atoms with Gasteiger partial charge in [0.1, 0.15) is 0 Å². The molecule has 1 heterocycles. The lowest BCUT2D eigenvalue weighted by Crippen LogP contribution is -2.34. The molecule has 1 aliphatic heterocycles. The summed E-state index contributed by atoms with van der Waals surface area (Å²) < 4.78 is 0. The van der Waals surface area contributed by atoms with E-state index in [0.717, 1.165) is 17.4 Å². The lowest BCUT2D eigenvalue weighted by atomic mass is 10.0. The van der Waals surface area contributed by atoms with Crippen LogP contribution in [0.4, 0.5) is 0 Å². The van der Waals surface area contributed by atoms with E-state index < -0.39 is 0 Å². The molecular formula is C15H22ClNS. The van der Waals surface area contributed by atoms with Gasteiger partial charge in [-0.25, -0.2) is 0 Å². The van der Waals surface area contributed by atoms with E-state index in [4.69, 9.17) is 11.6 Å². The molecule has 100 valence electrons. The number of halogens is 1. The average Bonchev–Trinajstić information content (AvgIpc) is 2.40. The lowest BCUT2D eigenvalue weighted by Gasteiger charge is -2.24. The summed E-state index contributed by atoms with van der Waals surface area (Å²) >= 11 is 7.99. The van der Waals surface area contributed by atoms with Crippen LogP contribution in [0.15, 0.2) is 24.3 Å². The van der Waals surface area contributed by atoms with Gasteiger partial charge in [-0.3, -0.25) is 0 Å². The van der Waals surface area contributed by atoms with E-state index in [2.05, 4.69) is 36.1 Å². The Balaban J connectivity index is 1.71. The number of hydrogen-bond donors (Lipinski definition) is 1. The lowest BCUT2D eigenvalue weighted by molar-refractivity contribution is 0.415. The smallest absolute Gasteiger partial charge is 0.0406 e. The van der Waals surface area contributed by atoms with Crippen molar-refractivity contribution in [3.05, 3.63) is 34.9 Å². The van der Waals surface area contributed by atoms with Crippen molar-refractivity contribution in [2.75, 3.05) is 18.1 Å². The number of rotatable bonds is 5. The molecule has 0 spiro atoms. The van der Waals surface area contributed by atoms with Crippen LogP contribution < -0.4 is 5.32 Å². The normalized spacial score (nSPS) is 18.8. The minimum atomic E-state index is 0.542. The molecule has 1 unspecified atom stereocenters. The molecule has 0 radical (unpaired) electrons. The Morgan fingerprint density at radius 1 is 1.28 bits per heavy atom. The Morgan fingerprint density at radius 3 is 2.61 bits per heavy atom. The molecule has 1 aromatic rings. The van der Waals surface area contributed by atoms with Gasteiger partial charge in [-0.05, 0) is 67.9 Å². The maximum atomic E-state index is 5.89. The molecule has 0 bridgehead atoms. The van der Waals surface area contributed by atoms with Crippen molar-refractivity contribution in [2.45, 2.75) is 32.2 Å². The van der Waals surface area contributed by atoms with Crippen molar-refractivity contribution in [2.24, 2.45) is 5.92 Å². The van der Waals surface area contributed by atoms with E-state index in [1.54, 1.807) is 0 Å². The van der Waals surface area contributed by atoms with Gasteiger partial charge in [0, 0.05) is 11.1 Å². The molecule has 1 aliphatic rings. The molecule has 1 saturated heterocycles. The Labute approximate surface area is 120 Å². The van der Waals surface area contributed by atoms with Gasteiger partial charge in [0.05, 0.1) is 0 Å². The zero-order valence-corrected chi connectivity index (χ0v) is 12.6. The summed E-state index contributed by atoms with van der Waals surface area (Å²) in [5.41, 5.74) is 1.36. The van der Waals surface area contributed by atoms with Gasteiger partial charge in [-0.2, -0.15) is 11.8 Å². The molecule has 18 heavy (non-hydrogen) atoms. The van der Waals surface area contributed by atoms with Crippen molar-refractivity contribution < 1.29 is 0 Å². The van der Waals surface area contributed by atoms with E-state index in [9.17, 15) is 0 Å². The second kappa shape index (κ2) is 7.42. The van der Waals surface area contributed by atoms with Crippen LogP contribution in [-0.2, 0) is 6.42 Å². The maximum Gasteiger partial charge on any atom is 0.0406 e. The van der Waals surface area contributed by atoms with E-state index in [1.807, 2.05) is 12.1 Å². The summed E-state index contributed by atoms with van der Waals surface area (Å²) in [5, 5.41) is 4.49. The van der Waals surface area contributed by atoms with Crippen LogP contribution in [0.25, 0.3) is 0 Å². The van der Waals surface area contributed by atoms with Crippen LogP contribution in [0, 0.1) is 5.92 Å². The van der Waals surface area contributed by atoms with Crippen LogP contribution in [0.2, 0.25) is 5.02 Å². The van der Waals surface area contributed by atoms with Crippen molar-refractivity contribution in [1.29, 1.82) is 0 Å². The van der Waals surface area contributed by atoms with Crippen LogP contribution in [0.3, 0.4) is 0 Å². The quantitative estimate of drug-likeness (QED) is 0.876. The Kier molecular flexibility index (Phi) is 5.87. The van der Waals surface area contributed by atoms with Crippen LogP contribution >= 0.6 is 23.4 Å². The summed E-state index contributed by atoms with van der Waals surface area (Å²) in [6, 6.07) is 8.74. The fourth-order valence-corrected chi connectivity index (χ4v) is 3.69. The largest absolute Gasteiger partial charge is 0.314 e. The van der Waals surface area contributed by atoms with Gasteiger partial charge in [0.15, 0.2) is 0 Å². The second-order valence-electron chi connectivity index (χ2n) is 5.20. The predicted octanol–water partition coefficient (Wildman–Crippen LogP) is 4.00. The number of nitrogens with one attached hydrogen (secondary N) is 1. The zero-order valence-electron chi connectivity index (χ0n) is 11.0. The average molecular weight is 284 g/mol. The minimum absolute atomic E-state index is 0.542. The molecule has 1 atom stereocenters. The molecule has 1 nitrogen and oxygen atoms in total. The summed E-state index contributed by atoms with van der Waals surface area (Å²) in [7, 11) is 0. The van der Waals surface area contributed by atoms with Gasteiger partial charge in [-0.1, -0.05) is 23.7 Å². The third kappa shape index (κ3) is 4.83. The highest BCUT2D eigenvalue weighted by atomic mass is 35.5. The van der Waals surface area contributed by atoms with Crippen molar-refractivity contribution in [3.63, 3.8) is 0 Å². The Morgan fingerprint density at radius 2 is 1.94 bits per heavy atom. The molecule has 2 rings (SSSR count). The van der Waals surface area contributed by atoms with Gasteiger partial charge < -0.3 is 5.32 Å². The van der Waals surface area contributed by atoms with E-state index >= 15 is 0 Å². The highest BCUT2D eigenvalue weighted by Gasteiger charge is 2.14. The minimum Gasteiger partial charge on any atom is -0.314 e. The molecule has 1 aromatic carbocycles. The molecule has 0 saturated carbocycles. The summed E-state index contributed by atoms with van der Waals surface area (Å²) in [5.74, 6) is 3.58. The van der Waals surface area contributed by atoms with Crippen molar-refractivity contribution in [3.8, 4) is 0 Å². The zero-order chi connectivity index (χ0) is 12.8. The first-order valence-electron chi connectivity index (χ1n) is 6.79. The standard InChI is InChI=1S/C15H22ClNS/c1-12(10-13-2-4-15(16)5-3-13)17-11-14-6-8-18-9-7-14/h2-5,12,14,17H,6-11H2,1H3. The maximum absolute atomic E-state index is 5.89. The first-order valence-corrected chi connectivity index (χ1v) is 8.33. The van der Waals surface area contributed by atoms with Crippen molar-refractivity contribution in [1.82, 2.24) is 5.32 Å². The summed E-state index contributed by atoms with van der Waals surface area (Å²) in [4.78, 5) is 0. The first kappa shape index (κ1) is 14.2. The Bertz CT molecular complexity index is 346. The monoisotopic (exact) mass is 283 g/mol. The van der Waals surface area contributed by atoms with E-state index in [0.29, 0.717) is 6.04 Å². The number of hydrogen-bond acceptors (Lipinski definition) is 2. The van der Waals surface area contributed by atoms with Crippen LogP contribution in [0.5, 0.6) is 0 Å². The van der Waals surface area contributed by atoms with Crippen LogP contribution in [-0.4, -0.2) is 24.1 Å². The predicted molar refractivity (Wildman–Crippen MR) is 82.7 cm³/mol. The van der Waals surface area contributed by atoms with Gasteiger partial charge >= 0.3 is 0 Å². The highest BCUT2D eigenvalue weighted by molar-refractivity contribution is 7.99. The molecular weight excluding hydrogens is 262 g/mol. The number of thioether (sulfide) groups is 1. The van der Waals surface area contributed by atoms with Gasteiger partial charge in [0.2, 0.25) is 0 Å². The molecule has 3 heteroatoms. The van der Waals surface area contributed by atoms with Crippen LogP contribution in [0.1, 0.15) is 25.3 Å². The van der Waals surface area contributed by atoms with Gasteiger partial charge in [0.25, 0.3) is 0 Å². The topological polar surface area (TPSA) is 12.0 Å². The van der Waals surface area contributed by atoms with Gasteiger partial charge in [-0.15, -0.1) is 0 Å². The number of benzene rings is 1.